The molecule has 0 spiro atoms. The monoisotopic (exact) mass is 280 g/mol. The van der Waals surface area contributed by atoms with Gasteiger partial charge in [-0.3, -0.25) is 4.90 Å². The predicted molar refractivity (Wildman–Crippen MR) is 79.6 cm³/mol. The van der Waals surface area contributed by atoms with Gasteiger partial charge in [0.15, 0.2) is 0 Å². The van der Waals surface area contributed by atoms with E-state index in [9.17, 15) is 0 Å². The summed E-state index contributed by atoms with van der Waals surface area (Å²) in [6, 6.07) is 3.79. The van der Waals surface area contributed by atoms with Gasteiger partial charge in [0.05, 0.1) is 6.61 Å². The fourth-order valence-corrected chi connectivity index (χ4v) is 3.64. The zero-order valence-electron chi connectivity index (χ0n) is 11.9. The second kappa shape index (κ2) is 5.92. The second-order valence-electron chi connectivity index (χ2n) is 5.88. The summed E-state index contributed by atoms with van der Waals surface area (Å²) < 4.78 is 5.47. The smallest absolute Gasteiger partial charge is 0.0622 e. The van der Waals surface area contributed by atoms with Gasteiger partial charge in [-0.25, -0.2) is 0 Å². The van der Waals surface area contributed by atoms with Gasteiger partial charge in [-0.05, 0) is 44.9 Å². The molecule has 2 heterocycles. The normalized spacial score (nSPS) is 23.4. The van der Waals surface area contributed by atoms with Gasteiger partial charge in [-0.1, -0.05) is 0 Å². The fourth-order valence-electron chi connectivity index (χ4n) is 2.63. The van der Waals surface area contributed by atoms with Crippen molar-refractivity contribution in [2.75, 3.05) is 20.3 Å². The minimum Gasteiger partial charge on any atom is -0.380 e. The number of likely N-dealkylation sites (N-methyl/N-ethyl adjacent to an activating group) is 1. The van der Waals surface area contributed by atoms with Crippen LogP contribution in [0.25, 0.3) is 0 Å². The highest BCUT2D eigenvalue weighted by atomic mass is 32.1. The lowest BCUT2D eigenvalue weighted by atomic mass is 10.2. The number of hydrogen-bond acceptors (Lipinski definition) is 4. The van der Waals surface area contributed by atoms with Gasteiger partial charge in [-0.15, -0.1) is 11.3 Å². The van der Waals surface area contributed by atoms with E-state index in [0.717, 1.165) is 32.3 Å². The maximum atomic E-state index is 5.47. The molecule has 1 atom stereocenters. The Kier molecular flexibility index (Phi) is 4.22. The summed E-state index contributed by atoms with van der Waals surface area (Å²) >= 11 is 1.95. The summed E-state index contributed by atoms with van der Waals surface area (Å²) in [6.45, 7) is 6.18. The molecule has 2 fully saturated rings. The fraction of sp³-hybridized carbons (Fsp3) is 0.733. The van der Waals surface area contributed by atoms with Crippen LogP contribution in [0.15, 0.2) is 6.07 Å². The highest BCUT2D eigenvalue weighted by Gasteiger charge is 2.22. The van der Waals surface area contributed by atoms with Crippen LogP contribution in [0.4, 0.5) is 0 Å². The first-order valence-corrected chi connectivity index (χ1v) is 8.13. The average Bonchev–Trinajstić information content (AvgIpc) is 2.92. The van der Waals surface area contributed by atoms with E-state index in [1.807, 2.05) is 11.3 Å². The van der Waals surface area contributed by atoms with Gasteiger partial charge in [0.2, 0.25) is 0 Å². The van der Waals surface area contributed by atoms with Crippen molar-refractivity contribution in [1.29, 1.82) is 0 Å². The molecule has 1 aliphatic carbocycles. The van der Waals surface area contributed by atoms with Crippen LogP contribution in [0.3, 0.4) is 0 Å². The Hall–Kier alpha value is -0.420. The third-order valence-electron chi connectivity index (χ3n) is 4.16. The topological polar surface area (TPSA) is 24.5 Å². The zero-order valence-corrected chi connectivity index (χ0v) is 12.8. The van der Waals surface area contributed by atoms with Gasteiger partial charge in [0.25, 0.3) is 0 Å². The minimum atomic E-state index is 0.604. The molecular formula is C15H24N2OS. The first kappa shape index (κ1) is 13.6. The van der Waals surface area contributed by atoms with E-state index in [-0.39, 0.29) is 0 Å². The highest BCUT2D eigenvalue weighted by Crippen LogP contribution is 2.26. The first-order chi connectivity index (χ1) is 9.22. The lowest BCUT2D eigenvalue weighted by Gasteiger charge is -2.22. The third kappa shape index (κ3) is 3.57. The molecule has 0 amide bonds. The Morgan fingerprint density at radius 1 is 1.42 bits per heavy atom. The molecule has 2 aliphatic rings. The summed E-state index contributed by atoms with van der Waals surface area (Å²) in [6.07, 6.45) is 3.90. The Bertz CT molecular complexity index is 422. The number of hydrogen-bond donors (Lipinski definition) is 1. The molecule has 1 saturated heterocycles. The second-order valence-corrected chi connectivity index (χ2v) is 7.22. The largest absolute Gasteiger partial charge is 0.380 e. The van der Waals surface area contributed by atoms with Gasteiger partial charge in [0, 0.05) is 41.5 Å². The Morgan fingerprint density at radius 3 is 2.95 bits per heavy atom. The van der Waals surface area contributed by atoms with Crippen LogP contribution in [-0.2, 0) is 17.8 Å². The van der Waals surface area contributed by atoms with Crippen LogP contribution in [-0.4, -0.2) is 37.2 Å². The van der Waals surface area contributed by atoms with Crippen molar-refractivity contribution in [3.05, 3.63) is 21.4 Å². The quantitative estimate of drug-likeness (QED) is 0.866. The van der Waals surface area contributed by atoms with Crippen molar-refractivity contribution in [1.82, 2.24) is 10.2 Å². The molecule has 0 radical (unpaired) electrons. The van der Waals surface area contributed by atoms with Gasteiger partial charge in [-0.2, -0.15) is 0 Å². The molecule has 1 aromatic heterocycles. The van der Waals surface area contributed by atoms with E-state index in [4.69, 9.17) is 4.74 Å². The van der Waals surface area contributed by atoms with Crippen LogP contribution in [0.1, 0.15) is 34.6 Å². The number of aryl methyl sites for hydroxylation is 1. The van der Waals surface area contributed by atoms with Crippen LogP contribution in [0, 0.1) is 6.92 Å². The molecule has 1 N–H and O–H groups in total. The molecule has 0 aromatic carbocycles. The van der Waals surface area contributed by atoms with E-state index in [0.29, 0.717) is 6.04 Å². The van der Waals surface area contributed by atoms with E-state index < -0.39 is 0 Å². The highest BCUT2D eigenvalue weighted by molar-refractivity contribution is 7.12. The summed E-state index contributed by atoms with van der Waals surface area (Å²) in [5, 5.41) is 3.60. The molecule has 3 rings (SSSR count). The zero-order chi connectivity index (χ0) is 13.2. The maximum absolute atomic E-state index is 5.47. The van der Waals surface area contributed by atoms with E-state index >= 15 is 0 Å². The van der Waals surface area contributed by atoms with Gasteiger partial charge >= 0.3 is 0 Å². The van der Waals surface area contributed by atoms with Crippen molar-refractivity contribution >= 4 is 11.3 Å². The van der Waals surface area contributed by atoms with Crippen molar-refractivity contribution in [2.24, 2.45) is 0 Å². The van der Waals surface area contributed by atoms with E-state index in [2.05, 4.69) is 30.3 Å². The van der Waals surface area contributed by atoms with Crippen LogP contribution < -0.4 is 5.32 Å². The van der Waals surface area contributed by atoms with Gasteiger partial charge in [0.1, 0.15) is 0 Å². The molecule has 19 heavy (non-hydrogen) atoms. The van der Waals surface area contributed by atoms with Crippen molar-refractivity contribution in [3.63, 3.8) is 0 Å². The van der Waals surface area contributed by atoms with Crippen molar-refractivity contribution < 1.29 is 4.74 Å². The average molecular weight is 280 g/mol. The summed E-state index contributed by atoms with van der Waals surface area (Å²) in [5.41, 5.74) is 1.49. The Morgan fingerprint density at radius 2 is 2.26 bits per heavy atom. The summed E-state index contributed by atoms with van der Waals surface area (Å²) in [7, 11) is 2.22. The summed E-state index contributed by atoms with van der Waals surface area (Å²) in [4.78, 5) is 5.40. The SMILES string of the molecule is Cc1sc(CNC2CC2)cc1CN(C)C1CCOC1. The number of thiophene rings is 1. The van der Waals surface area contributed by atoms with E-state index in [1.54, 1.807) is 0 Å². The lowest BCUT2D eigenvalue weighted by Crippen LogP contribution is -2.31. The molecule has 106 valence electrons. The number of nitrogens with zero attached hydrogens (tertiary/aromatic N) is 1. The van der Waals surface area contributed by atoms with Crippen LogP contribution >= 0.6 is 11.3 Å². The Labute approximate surface area is 119 Å². The summed E-state index contributed by atoms with van der Waals surface area (Å²) in [5.74, 6) is 0. The number of rotatable bonds is 6. The molecule has 1 unspecified atom stereocenters. The van der Waals surface area contributed by atoms with Crippen molar-refractivity contribution in [3.8, 4) is 0 Å². The Balaban J connectivity index is 1.56. The maximum Gasteiger partial charge on any atom is 0.0622 e. The lowest BCUT2D eigenvalue weighted by molar-refractivity contribution is 0.156. The van der Waals surface area contributed by atoms with Crippen LogP contribution in [0.5, 0.6) is 0 Å². The molecule has 1 aromatic rings. The standard InChI is InChI=1S/C15H24N2OS/c1-11-12(9-17(2)14-5-6-18-10-14)7-15(19-11)8-16-13-3-4-13/h7,13-14,16H,3-6,8-10H2,1-2H3. The number of nitrogens with one attached hydrogen (secondary N) is 1. The molecule has 1 saturated carbocycles. The number of ether oxygens (including phenoxy) is 1. The molecule has 0 bridgehead atoms. The third-order valence-corrected chi connectivity index (χ3v) is 5.26. The van der Waals surface area contributed by atoms with Crippen LogP contribution in [0.2, 0.25) is 0 Å². The molecule has 1 aliphatic heterocycles. The first-order valence-electron chi connectivity index (χ1n) is 7.32. The van der Waals surface area contributed by atoms with Gasteiger partial charge < -0.3 is 10.1 Å². The predicted octanol–water partition coefficient (Wildman–Crippen LogP) is 2.53. The van der Waals surface area contributed by atoms with E-state index in [1.165, 1.54) is 34.6 Å². The molecule has 4 heteroatoms. The molecule has 3 nitrogen and oxygen atoms in total. The van der Waals surface area contributed by atoms with Crippen molar-refractivity contribution in [2.45, 2.75) is 51.4 Å². The molecular weight excluding hydrogens is 256 g/mol. The minimum absolute atomic E-state index is 0.604.